The van der Waals surface area contributed by atoms with Crippen LogP contribution in [0.2, 0.25) is 0 Å². The second-order valence-electron chi connectivity index (χ2n) is 5.16. The summed E-state index contributed by atoms with van der Waals surface area (Å²) in [5.74, 6) is 0. The van der Waals surface area contributed by atoms with E-state index in [9.17, 15) is 9.50 Å². The maximum Gasteiger partial charge on any atom is 0.195 e. The van der Waals surface area contributed by atoms with Crippen molar-refractivity contribution in [3.8, 4) is 0 Å². The van der Waals surface area contributed by atoms with Crippen molar-refractivity contribution in [1.29, 1.82) is 0 Å². The highest BCUT2D eigenvalue weighted by atomic mass is 19.1. The third-order valence-electron chi connectivity index (χ3n) is 3.76. The van der Waals surface area contributed by atoms with E-state index in [1.807, 2.05) is 30.3 Å². The monoisotopic (exact) mass is 270 g/mol. The van der Waals surface area contributed by atoms with Crippen LogP contribution < -0.4 is 0 Å². The molecule has 1 aliphatic heterocycles. The van der Waals surface area contributed by atoms with Crippen LogP contribution in [-0.4, -0.2) is 40.5 Å². The zero-order chi connectivity index (χ0) is 14.1. The number of alkyl halides is 1. The lowest BCUT2D eigenvalue weighted by atomic mass is 9.85. The van der Waals surface area contributed by atoms with E-state index >= 15 is 0 Å². The van der Waals surface area contributed by atoms with Crippen LogP contribution in [0.15, 0.2) is 30.3 Å². The van der Waals surface area contributed by atoms with E-state index in [2.05, 4.69) is 0 Å². The summed E-state index contributed by atoms with van der Waals surface area (Å²) in [6, 6.07) is 9.30. The van der Waals surface area contributed by atoms with Gasteiger partial charge in [0.05, 0.1) is 13.2 Å². The maximum absolute atomic E-state index is 14.6. The predicted molar refractivity (Wildman–Crippen MR) is 67.1 cm³/mol. The maximum atomic E-state index is 14.6. The standard InChI is InChI=1S/C14H19FO4/c1-13(15)12(19-11(8-16)14(13,2)17)18-9-10-6-4-3-5-7-10/h3-7,11-12,16-17H,8-9H2,1-2H3/t11-,12?,13?,14-/m1/s1. The number of benzene rings is 1. The Labute approximate surface area is 111 Å². The molecule has 0 aromatic heterocycles. The molecular formula is C14H19FO4. The van der Waals surface area contributed by atoms with Crippen molar-refractivity contribution in [3.05, 3.63) is 35.9 Å². The van der Waals surface area contributed by atoms with E-state index in [0.29, 0.717) is 0 Å². The van der Waals surface area contributed by atoms with Crippen LogP contribution >= 0.6 is 0 Å². The molecule has 1 aromatic rings. The van der Waals surface area contributed by atoms with E-state index in [1.165, 1.54) is 13.8 Å². The SMILES string of the molecule is CC1(F)C(OCc2ccccc2)O[C@H](CO)[C@@]1(C)O. The molecule has 1 heterocycles. The van der Waals surface area contributed by atoms with Crippen molar-refractivity contribution in [2.75, 3.05) is 6.61 Å². The highest BCUT2D eigenvalue weighted by Gasteiger charge is 2.62. The number of hydrogen-bond donors (Lipinski definition) is 2. The van der Waals surface area contributed by atoms with E-state index in [4.69, 9.17) is 14.6 Å². The Morgan fingerprint density at radius 3 is 2.47 bits per heavy atom. The van der Waals surface area contributed by atoms with E-state index in [-0.39, 0.29) is 6.61 Å². The molecule has 0 saturated carbocycles. The van der Waals surface area contributed by atoms with Gasteiger partial charge in [0, 0.05) is 0 Å². The van der Waals surface area contributed by atoms with Gasteiger partial charge in [0.1, 0.15) is 11.7 Å². The van der Waals surface area contributed by atoms with Crippen molar-refractivity contribution in [3.63, 3.8) is 0 Å². The number of rotatable bonds is 4. The van der Waals surface area contributed by atoms with Crippen molar-refractivity contribution < 1.29 is 24.1 Å². The highest BCUT2D eigenvalue weighted by Crippen LogP contribution is 2.43. The van der Waals surface area contributed by atoms with Gasteiger partial charge in [0.2, 0.25) is 0 Å². The van der Waals surface area contributed by atoms with Crippen LogP contribution in [0, 0.1) is 0 Å². The molecule has 2 N–H and O–H groups in total. The number of ether oxygens (including phenoxy) is 2. The Hall–Kier alpha value is -1.01. The van der Waals surface area contributed by atoms with Gasteiger partial charge in [0.15, 0.2) is 12.0 Å². The summed E-state index contributed by atoms with van der Waals surface area (Å²) in [7, 11) is 0. The van der Waals surface area contributed by atoms with Crippen molar-refractivity contribution >= 4 is 0 Å². The quantitative estimate of drug-likeness (QED) is 0.868. The summed E-state index contributed by atoms with van der Waals surface area (Å²) in [6.07, 6.45) is -2.21. The van der Waals surface area contributed by atoms with Crippen molar-refractivity contribution in [1.82, 2.24) is 0 Å². The van der Waals surface area contributed by atoms with Crippen LogP contribution in [-0.2, 0) is 16.1 Å². The van der Waals surface area contributed by atoms with Crippen LogP contribution in [0.3, 0.4) is 0 Å². The second-order valence-corrected chi connectivity index (χ2v) is 5.16. The molecule has 0 spiro atoms. The summed E-state index contributed by atoms with van der Waals surface area (Å²) in [6.45, 7) is 2.25. The molecule has 106 valence electrons. The fourth-order valence-corrected chi connectivity index (χ4v) is 2.13. The molecule has 4 atom stereocenters. The molecule has 1 aromatic carbocycles. The molecule has 0 aliphatic carbocycles. The summed E-state index contributed by atoms with van der Waals surface area (Å²) in [5.41, 5.74) is -2.99. The number of aliphatic hydroxyl groups excluding tert-OH is 1. The minimum absolute atomic E-state index is 0.180. The highest BCUT2D eigenvalue weighted by molar-refractivity contribution is 5.14. The van der Waals surface area contributed by atoms with Crippen LogP contribution in [0.4, 0.5) is 4.39 Å². The number of hydrogen-bond acceptors (Lipinski definition) is 4. The summed E-state index contributed by atoms with van der Waals surface area (Å²) >= 11 is 0. The number of aliphatic hydroxyl groups is 2. The van der Waals surface area contributed by atoms with Crippen LogP contribution in [0.1, 0.15) is 19.4 Å². The van der Waals surface area contributed by atoms with Crippen LogP contribution in [0.5, 0.6) is 0 Å². The second kappa shape index (κ2) is 5.17. The average Bonchev–Trinajstić information content (AvgIpc) is 2.55. The largest absolute Gasteiger partial charge is 0.394 e. The molecule has 1 fully saturated rings. The molecule has 5 heteroatoms. The van der Waals surface area contributed by atoms with Crippen LogP contribution in [0.25, 0.3) is 0 Å². The summed E-state index contributed by atoms with van der Waals surface area (Å²) in [4.78, 5) is 0. The average molecular weight is 270 g/mol. The molecule has 4 nitrogen and oxygen atoms in total. The van der Waals surface area contributed by atoms with Gasteiger partial charge in [-0.1, -0.05) is 30.3 Å². The van der Waals surface area contributed by atoms with Crippen molar-refractivity contribution in [2.24, 2.45) is 0 Å². The zero-order valence-corrected chi connectivity index (χ0v) is 11.0. The minimum Gasteiger partial charge on any atom is -0.394 e. The van der Waals surface area contributed by atoms with Gasteiger partial charge in [-0.3, -0.25) is 0 Å². The van der Waals surface area contributed by atoms with Gasteiger partial charge in [0.25, 0.3) is 0 Å². The molecule has 19 heavy (non-hydrogen) atoms. The van der Waals surface area contributed by atoms with Gasteiger partial charge in [-0.15, -0.1) is 0 Å². The Balaban J connectivity index is 2.05. The molecular weight excluding hydrogens is 251 g/mol. The lowest BCUT2D eigenvalue weighted by Crippen LogP contribution is -2.53. The van der Waals surface area contributed by atoms with Gasteiger partial charge in [-0.25, -0.2) is 4.39 Å². The first-order valence-electron chi connectivity index (χ1n) is 6.22. The Bertz CT molecular complexity index is 419. The first-order chi connectivity index (χ1) is 8.89. The van der Waals surface area contributed by atoms with Crippen molar-refractivity contribution in [2.45, 2.75) is 44.1 Å². The minimum atomic E-state index is -2.09. The topological polar surface area (TPSA) is 58.9 Å². The first-order valence-corrected chi connectivity index (χ1v) is 6.22. The van der Waals surface area contributed by atoms with E-state index < -0.39 is 30.3 Å². The Morgan fingerprint density at radius 1 is 1.32 bits per heavy atom. The third kappa shape index (κ3) is 2.51. The molecule has 2 unspecified atom stereocenters. The van der Waals surface area contributed by atoms with E-state index in [0.717, 1.165) is 5.56 Å². The first kappa shape index (κ1) is 14.4. The molecule has 1 saturated heterocycles. The lowest BCUT2D eigenvalue weighted by Gasteiger charge is -2.32. The van der Waals surface area contributed by atoms with Gasteiger partial charge < -0.3 is 19.7 Å². The molecule has 0 radical (unpaired) electrons. The summed E-state index contributed by atoms with van der Waals surface area (Å²) in [5, 5.41) is 19.2. The fourth-order valence-electron chi connectivity index (χ4n) is 2.13. The number of halogens is 1. The normalized spacial score (nSPS) is 38.6. The molecule has 1 aliphatic rings. The third-order valence-corrected chi connectivity index (χ3v) is 3.76. The van der Waals surface area contributed by atoms with Gasteiger partial charge >= 0.3 is 0 Å². The Morgan fingerprint density at radius 2 is 1.95 bits per heavy atom. The molecule has 2 rings (SSSR count). The Kier molecular flexibility index (Phi) is 3.92. The van der Waals surface area contributed by atoms with Gasteiger partial charge in [-0.2, -0.15) is 0 Å². The smallest absolute Gasteiger partial charge is 0.195 e. The molecule has 0 bridgehead atoms. The zero-order valence-electron chi connectivity index (χ0n) is 11.0. The predicted octanol–water partition coefficient (Wildman–Crippen LogP) is 1.40. The molecule has 0 amide bonds. The fraction of sp³-hybridized carbons (Fsp3) is 0.571. The lowest BCUT2D eigenvalue weighted by molar-refractivity contribution is -0.187. The summed E-state index contributed by atoms with van der Waals surface area (Å²) < 4.78 is 25.3. The van der Waals surface area contributed by atoms with E-state index in [1.54, 1.807) is 0 Å². The van der Waals surface area contributed by atoms with Gasteiger partial charge in [-0.05, 0) is 19.4 Å².